The number of hydrogen-bond donors (Lipinski definition) is 1. The highest BCUT2D eigenvalue weighted by Gasteiger charge is 2.38. The van der Waals surface area contributed by atoms with E-state index in [2.05, 4.69) is 5.32 Å². The van der Waals surface area contributed by atoms with Gasteiger partial charge in [0, 0.05) is 12.3 Å². The van der Waals surface area contributed by atoms with E-state index < -0.39 is 30.3 Å². The van der Waals surface area contributed by atoms with Crippen molar-refractivity contribution < 1.29 is 28.7 Å². The second-order valence-electron chi connectivity index (χ2n) is 7.61. The van der Waals surface area contributed by atoms with Crippen LogP contribution in [0.4, 0.5) is 5.69 Å². The molecule has 2 heterocycles. The van der Waals surface area contributed by atoms with Gasteiger partial charge in [-0.2, -0.15) is 0 Å². The second kappa shape index (κ2) is 8.69. The van der Waals surface area contributed by atoms with E-state index in [-0.39, 0.29) is 29.3 Å². The van der Waals surface area contributed by atoms with Crippen molar-refractivity contribution in [2.45, 2.75) is 25.9 Å². The first-order valence-electron chi connectivity index (χ1n) is 10.1. The van der Waals surface area contributed by atoms with E-state index in [1.165, 1.54) is 18.2 Å². The lowest BCUT2D eigenvalue weighted by Crippen LogP contribution is -2.36. The number of aryl methyl sites for hydroxylation is 1. The topological polar surface area (TPSA) is 102 Å². The molecule has 0 radical (unpaired) electrons. The van der Waals surface area contributed by atoms with Crippen molar-refractivity contribution in [2.24, 2.45) is 0 Å². The van der Waals surface area contributed by atoms with Crippen molar-refractivity contribution in [2.75, 3.05) is 25.1 Å². The smallest absolute Gasteiger partial charge is 0.338 e. The Morgan fingerprint density at radius 1 is 1.13 bits per heavy atom. The first kappa shape index (κ1) is 20.7. The summed E-state index contributed by atoms with van der Waals surface area (Å²) in [4.78, 5) is 50.8. The Balaban J connectivity index is 1.38. The number of carbonyl (C=O) groups excluding carboxylic acids is 4. The van der Waals surface area contributed by atoms with E-state index in [4.69, 9.17) is 9.47 Å². The molecule has 4 rings (SSSR count). The zero-order valence-corrected chi connectivity index (χ0v) is 17.1. The number of amides is 3. The molecule has 1 saturated heterocycles. The van der Waals surface area contributed by atoms with E-state index in [0.717, 1.165) is 23.3 Å². The van der Waals surface area contributed by atoms with Crippen molar-refractivity contribution >= 4 is 29.4 Å². The van der Waals surface area contributed by atoms with Gasteiger partial charge in [0.05, 0.1) is 29.3 Å². The van der Waals surface area contributed by atoms with E-state index >= 15 is 0 Å². The summed E-state index contributed by atoms with van der Waals surface area (Å²) in [6, 6.07) is 11.4. The van der Waals surface area contributed by atoms with E-state index in [9.17, 15) is 19.2 Å². The van der Waals surface area contributed by atoms with Gasteiger partial charge in [-0.15, -0.1) is 0 Å². The van der Waals surface area contributed by atoms with Gasteiger partial charge in [0.25, 0.3) is 17.7 Å². The van der Waals surface area contributed by atoms with Gasteiger partial charge in [0.1, 0.15) is 0 Å². The van der Waals surface area contributed by atoms with Gasteiger partial charge in [0.2, 0.25) is 0 Å². The quantitative estimate of drug-likeness (QED) is 0.567. The number of fused-ring (bicyclic) bond motifs is 1. The molecular formula is C23H22N2O6. The summed E-state index contributed by atoms with van der Waals surface area (Å²) in [5, 5.41) is 2.65. The molecule has 2 aliphatic rings. The molecule has 0 aliphatic carbocycles. The van der Waals surface area contributed by atoms with Gasteiger partial charge >= 0.3 is 5.97 Å². The Kier molecular flexibility index (Phi) is 5.81. The molecule has 0 bridgehead atoms. The monoisotopic (exact) mass is 422 g/mol. The molecule has 8 heteroatoms. The van der Waals surface area contributed by atoms with Crippen LogP contribution in [0.2, 0.25) is 0 Å². The number of carbonyl (C=O) groups is 4. The molecule has 8 nitrogen and oxygen atoms in total. The number of hydrogen-bond acceptors (Lipinski definition) is 6. The zero-order chi connectivity index (χ0) is 22.0. The van der Waals surface area contributed by atoms with Crippen LogP contribution in [0.3, 0.4) is 0 Å². The van der Waals surface area contributed by atoms with Crippen LogP contribution in [0, 0.1) is 6.92 Å². The standard InChI is InChI=1S/C23H22N2O6/c1-14-4-2-5-16(10-14)24-20(26)13-31-23(29)15-7-8-18-19(11-15)22(28)25(21(18)27)12-17-6-3-9-30-17/h2,4-5,7-8,10-11,17H,3,6,9,12-13H2,1H3,(H,24,26)/t17-/m0/s1. The number of imide groups is 1. The molecule has 31 heavy (non-hydrogen) atoms. The fourth-order valence-electron chi connectivity index (χ4n) is 3.71. The van der Waals surface area contributed by atoms with E-state index in [1.807, 2.05) is 19.1 Å². The summed E-state index contributed by atoms with van der Waals surface area (Å²) in [5.41, 5.74) is 2.09. The fraction of sp³-hybridized carbons (Fsp3) is 0.304. The van der Waals surface area contributed by atoms with Crippen molar-refractivity contribution in [3.05, 3.63) is 64.7 Å². The third-order valence-electron chi connectivity index (χ3n) is 5.25. The maximum absolute atomic E-state index is 12.7. The van der Waals surface area contributed by atoms with Crippen LogP contribution >= 0.6 is 0 Å². The Hall–Kier alpha value is -3.52. The van der Waals surface area contributed by atoms with Crippen LogP contribution in [-0.2, 0) is 14.3 Å². The summed E-state index contributed by atoms with van der Waals surface area (Å²) >= 11 is 0. The predicted molar refractivity (Wildman–Crippen MR) is 111 cm³/mol. The van der Waals surface area contributed by atoms with Crippen LogP contribution in [0.5, 0.6) is 0 Å². The molecule has 2 aromatic carbocycles. The molecule has 160 valence electrons. The van der Waals surface area contributed by atoms with Gasteiger partial charge in [-0.25, -0.2) is 4.79 Å². The average molecular weight is 422 g/mol. The molecule has 0 aromatic heterocycles. The van der Waals surface area contributed by atoms with Crippen molar-refractivity contribution in [1.82, 2.24) is 4.90 Å². The highest BCUT2D eigenvalue weighted by atomic mass is 16.5. The number of nitrogens with one attached hydrogen (secondary N) is 1. The number of ether oxygens (including phenoxy) is 2. The Bertz CT molecular complexity index is 1060. The zero-order valence-electron chi connectivity index (χ0n) is 17.1. The molecule has 2 aromatic rings. The summed E-state index contributed by atoms with van der Waals surface area (Å²) in [5.74, 6) is -2.08. The van der Waals surface area contributed by atoms with Gasteiger partial charge < -0.3 is 14.8 Å². The predicted octanol–water partition coefficient (Wildman–Crippen LogP) is 2.57. The Labute approximate surface area is 179 Å². The number of anilines is 1. The Morgan fingerprint density at radius 2 is 1.94 bits per heavy atom. The van der Waals surface area contributed by atoms with Gasteiger partial charge in [0.15, 0.2) is 6.61 Å². The molecule has 0 unspecified atom stereocenters. The molecule has 0 spiro atoms. The fourth-order valence-corrected chi connectivity index (χ4v) is 3.71. The van der Waals surface area contributed by atoms with Crippen molar-refractivity contribution in [3.8, 4) is 0 Å². The maximum atomic E-state index is 12.7. The number of rotatable bonds is 6. The Morgan fingerprint density at radius 3 is 2.68 bits per heavy atom. The summed E-state index contributed by atoms with van der Waals surface area (Å²) in [6.45, 7) is 2.26. The SMILES string of the molecule is Cc1cccc(NC(=O)COC(=O)c2ccc3c(c2)C(=O)N(C[C@@H]2CCCO2)C3=O)c1. The number of esters is 1. The number of benzene rings is 2. The molecule has 3 amide bonds. The minimum Gasteiger partial charge on any atom is -0.452 e. The normalized spacial score (nSPS) is 17.6. The van der Waals surface area contributed by atoms with Crippen molar-refractivity contribution in [3.63, 3.8) is 0 Å². The molecular weight excluding hydrogens is 400 g/mol. The summed E-state index contributed by atoms with van der Waals surface area (Å²) < 4.78 is 10.6. The minimum absolute atomic E-state index is 0.0993. The second-order valence-corrected chi connectivity index (χ2v) is 7.61. The lowest BCUT2D eigenvalue weighted by molar-refractivity contribution is -0.119. The lowest BCUT2D eigenvalue weighted by atomic mass is 10.1. The summed E-state index contributed by atoms with van der Waals surface area (Å²) in [7, 11) is 0. The average Bonchev–Trinajstić information content (AvgIpc) is 3.35. The largest absolute Gasteiger partial charge is 0.452 e. The van der Waals surface area contributed by atoms with Gasteiger partial charge in [-0.1, -0.05) is 12.1 Å². The van der Waals surface area contributed by atoms with Crippen LogP contribution in [-0.4, -0.2) is 54.5 Å². The van der Waals surface area contributed by atoms with E-state index in [1.54, 1.807) is 12.1 Å². The first-order chi connectivity index (χ1) is 14.9. The van der Waals surface area contributed by atoms with Crippen LogP contribution < -0.4 is 5.32 Å². The highest BCUT2D eigenvalue weighted by Crippen LogP contribution is 2.26. The van der Waals surface area contributed by atoms with E-state index in [0.29, 0.717) is 12.3 Å². The minimum atomic E-state index is -0.750. The van der Waals surface area contributed by atoms with Crippen molar-refractivity contribution in [1.29, 1.82) is 0 Å². The molecule has 2 aliphatic heterocycles. The first-order valence-corrected chi connectivity index (χ1v) is 10.1. The van der Waals surface area contributed by atoms with Gasteiger partial charge in [-0.3, -0.25) is 19.3 Å². The van der Waals surface area contributed by atoms with Crippen LogP contribution in [0.15, 0.2) is 42.5 Å². The summed E-state index contributed by atoms with van der Waals surface area (Å²) in [6.07, 6.45) is 1.55. The highest BCUT2D eigenvalue weighted by molar-refractivity contribution is 6.22. The third kappa shape index (κ3) is 4.49. The van der Waals surface area contributed by atoms with Gasteiger partial charge in [-0.05, 0) is 55.7 Å². The molecule has 1 N–H and O–H groups in total. The van der Waals surface area contributed by atoms with Crippen LogP contribution in [0.1, 0.15) is 49.5 Å². The molecule has 1 fully saturated rings. The lowest BCUT2D eigenvalue weighted by Gasteiger charge is -2.17. The maximum Gasteiger partial charge on any atom is 0.338 e. The van der Waals surface area contributed by atoms with Crippen LogP contribution in [0.25, 0.3) is 0 Å². The number of nitrogens with zero attached hydrogens (tertiary/aromatic N) is 1. The molecule has 0 saturated carbocycles. The molecule has 1 atom stereocenters. The third-order valence-corrected chi connectivity index (χ3v) is 5.25.